The fourth-order valence-corrected chi connectivity index (χ4v) is 2.41. The van der Waals surface area contributed by atoms with Gasteiger partial charge in [0.15, 0.2) is 0 Å². The van der Waals surface area contributed by atoms with Crippen molar-refractivity contribution in [2.75, 3.05) is 6.54 Å². The molecule has 0 aliphatic carbocycles. The Bertz CT molecular complexity index is 732. The monoisotopic (exact) mass is 282 g/mol. The standard InChI is InChI=1S/C16H18N4O/c1-3-13(17-4-2)16-20-19-15(21-16)12-9-5-7-11-8-6-10-18-14(11)12/h5-10,13,17H,3-4H2,1-2H3. The summed E-state index contributed by atoms with van der Waals surface area (Å²) in [6.07, 6.45) is 2.68. The Morgan fingerprint density at radius 1 is 1.14 bits per heavy atom. The summed E-state index contributed by atoms with van der Waals surface area (Å²) in [6, 6.07) is 10.0. The summed E-state index contributed by atoms with van der Waals surface area (Å²) < 4.78 is 5.86. The summed E-state index contributed by atoms with van der Waals surface area (Å²) >= 11 is 0. The predicted molar refractivity (Wildman–Crippen MR) is 81.7 cm³/mol. The lowest BCUT2D eigenvalue weighted by atomic mass is 10.1. The van der Waals surface area contributed by atoms with Gasteiger partial charge in [-0.15, -0.1) is 10.2 Å². The van der Waals surface area contributed by atoms with E-state index in [0.717, 1.165) is 29.4 Å². The van der Waals surface area contributed by atoms with Crippen LogP contribution in [0.25, 0.3) is 22.4 Å². The first-order valence-electron chi connectivity index (χ1n) is 7.24. The van der Waals surface area contributed by atoms with E-state index < -0.39 is 0 Å². The molecule has 1 N–H and O–H groups in total. The van der Waals surface area contributed by atoms with Gasteiger partial charge in [0.2, 0.25) is 11.8 Å². The van der Waals surface area contributed by atoms with E-state index in [1.165, 1.54) is 0 Å². The topological polar surface area (TPSA) is 63.8 Å². The molecule has 5 nitrogen and oxygen atoms in total. The number of aromatic nitrogens is 3. The van der Waals surface area contributed by atoms with Crippen molar-refractivity contribution >= 4 is 10.9 Å². The summed E-state index contributed by atoms with van der Waals surface area (Å²) in [7, 11) is 0. The van der Waals surface area contributed by atoms with Gasteiger partial charge in [-0.25, -0.2) is 0 Å². The second-order valence-corrected chi connectivity index (χ2v) is 4.84. The van der Waals surface area contributed by atoms with Crippen LogP contribution < -0.4 is 5.32 Å². The molecule has 0 amide bonds. The molecule has 1 atom stereocenters. The molecule has 0 aliphatic rings. The average molecular weight is 282 g/mol. The zero-order valence-corrected chi connectivity index (χ0v) is 12.2. The molecule has 1 aromatic carbocycles. The molecule has 0 radical (unpaired) electrons. The molecule has 2 aromatic heterocycles. The molecule has 0 saturated heterocycles. The SMILES string of the molecule is CCNC(CC)c1nnc(-c2cccc3cccnc23)o1. The third-order valence-corrected chi connectivity index (χ3v) is 3.46. The molecule has 0 spiro atoms. The third-order valence-electron chi connectivity index (χ3n) is 3.46. The van der Waals surface area contributed by atoms with Crippen molar-refractivity contribution in [3.63, 3.8) is 0 Å². The Balaban J connectivity index is 2.02. The summed E-state index contributed by atoms with van der Waals surface area (Å²) in [4.78, 5) is 4.42. The Labute approximate surface area is 123 Å². The van der Waals surface area contributed by atoms with Crippen molar-refractivity contribution in [3.8, 4) is 11.5 Å². The van der Waals surface area contributed by atoms with Crippen LogP contribution in [0.3, 0.4) is 0 Å². The third kappa shape index (κ3) is 2.64. The van der Waals surface area contributed by atoms with E-state index in [1.54, 1.807) is 6.20 Å². The fourth-order valence-electron chi connectivity index (χ4n) is 2.41. The highest BCUT2D eigenvalue weighted by Crippen LogP contribution is 2.27. The molecule has 1 unspecified atom stereocenters. The maximum Gasteiger partial charge on any atom is 0.250 e. The largest absolute Gasteiger partial charge is 0.419 e. The maximum absolute atomic E-state index is 5.86. The van der Waals surface area contributed by atoms with Crippen LogP contribution in [0.1, 0.15) is 32.2 Å². The van der Waals surface area contributed by atoms with Crippen LogP contribution in [-0.2, 0) is 0 Å². The minimum Gasteiger partial charge on any atom is -0.419 e. The van der Waals surface area contributed by atoms with E-state index in [2.05, 4.69) is 34.3 Å². The van der Waals surface area contributed by atoms with Crippen molar-refractivity contribution < 1.29 is 4.42 Å². The van der Waals surface area contributed by atoms with E-state index in [4.69, 9.17) is 4.42 Å². The van der Waals surface area contributed by atoms with E-state index in [9.17, 15) is 0 Å². The first kappa shape index (κ1) is 13.7. The number of para-hydroxylation sites is 1. The molecule has 0 saturated carbocycles. The molecular formula is C16H18N4O. The molecule has 0 bridgehead atoms. The van der Waals surface area contributed by atoms with Gasteiger partial charge in [-0.3, -0.25) is 4.98 Å². The van der Waals surface area contributed by atoms with Crippen LogP contribution >= 0.6 is 0 Å². The van der Waals surface area contributed by atoms with Gasteiger partial charge >= 0.3 is 0 Å². The number of nitrogens with one attached hydrogen (secondary N) is 1. The number of benzene rings is 1. The van der Waals surface area contributed by atoms with Crippen LogP contribution in [0.15, 0.2) is 40.9 Å². The second kappa shape index (κ2) is 6.01. The maximum atomic E-state index is 5.86. The van der Waals surface area contributed by atoms with Crippen molar-refractivity contribution in [2.24, 2.45) is 0 Å². The summed E-state index contributed by atoms with van der Waals surface area (Å²) in [5.41, 5.74) is 1.75. The molecular weight excluding hydrogens is 264 g/mol. The lowest BCUT2D eigenvalue weighted by Crippen LogP contribution is -2.20. The highest BCUT2D eigenvalue weighted by Gasteiger charge is 2.18. The molecule has 3 aromatic rings. The molecule has 0 aliphatic heterocycles. The number of hydrogen-bond acceptors (Lipinski definition) is 5. The number of fused-ring (bicyclic) bond motifs is 1. The molecule has 2 heterocycles. The second-order valence-electron chi connectivity index (χ2n) is 4.84. The summed E-state index contributed by atoms with van der Waals surface area (Å²) in [6.45, 7) is 5.03. The lowest BCUT2D eigenvalue weighted by molar-refractivity contribution is 0.402. The van der Waals surface area contributed by atoms with E-state index in [0.29, 0.717) is 11.8 Å². The van der Waals surface area contributed by atoms with Crippen LogP contribution in [0, 0.1) is 0 Å². The number of pyridine rings is 1. The zero-order chi connectivity index (χ0) is 14.7. The number of hydrogen-bond donors (Lipinski definition) is 1. The summed E-state index contributed by atoms with van der Waals surface area (Å²) in [5.74, 6) is 1.15. The fraction of sp³-hybridized carbons (Fsp3) is 0.312. The van der Waals surface area contributed by atoms with Gasteiger partial charge in [0.1, 0.15) is 0 Å². The first-order chi connectivity index (χ1) is 10.3. The Hall–Kier alpha value is -2.27. The van der Waals surface area contributed by atoms with Crippen LogP contribution in [-0.4, -0.2) is 21.7 Å². The zero-order valence-electron chi connectivity index (χ0n) is 12.2. The average Bonchev–Trinajstić information content (AvgIpc) is 3.01. The lowest BCUT2D eigenvalue weighted by Gasteiger charge is -2.10. The molecule has 0 fully saturated rings. The predicted octanol–water partition coefficient (Wildman–Crippen LogP) is 3.35. The van der Waals surface area contributed by atoms with E-state index >= 15 is 0 Å². The van der Waals surface area contributed by atoms with Gasteiger partial charge in [0, 0.05) is 11.6 Å². The van der Waals surface area contributed by atoms with Crippen molar-refractivity contribution in [1.82, 2.24) is 20.5 Å². The molecule has 108 valence electrons. The highest BCUT2D eigenvalue weighted by atomic mass is 16.4. The molecule has 5 heteroatoms. The minimum absolute atomic E-state index is 0.0965. The van der Waals surface area contributed by atoms with Crippen LogP contribution in [0.4, 0.5) is 0 Å². The van der Waals surface area contributed by atoms with Crippen molar-refractivity contribution in [3.05, 3.63) is 42.4 Å². The normalized spacial score (nSPS) is 12.7. The Kier molecular flexibility index (Phi) is 3.92. The highest BCUT2D eigenvalue weighted by molar-refractivity contribution is 5.91. The minimum atomic E-state index is 0.0965. The van der Waals surface area contributed by atoms with Gasteiger partial charge in [-0.05, 0) is 25.1 Å². The molecule has 3 rings (SSSR count). The Morgan fingerprint density at radius 3 is 2.81 bits per heavy atom. The van der Waals surface area contributed by atoms with E-state index in [1.807, 2.05) is 30.3 Å². The summed E-state index contributed by atoms with van der Waals surface area (Å²) in [5, 5.41) is 12.8. The van der Waals surface area contributed by atoms with Crippen molar-refractivity contribution in [2.45, 2.75) is 26.3 Å². The smallest absolute Gasteiger partial charge is 0.250 e. The first-order valence-corrected chi connectivity index (χ1v) is 7.24. The van der Waals surface area contributed by atoms with Gasteiger partial charge in [-0.2, -0.15) is 0 Å². The van der Waals surface area contributed by atoms with Crippen LogP contribution in [0.5, 0.6) is 0 Å². The molecule has 21 heavy (non-hydrogen) atoms. The van der Waals surface area contributed by atoms with Gasteiger partial charge in [-0.1, -0.05) is 32.0 Å². The van der Waals surface area contributed by atoms with Gasteiger partial charge in [0.25, 0.3) is 0 Å². The van der Waals surface area contributed by atoms with Crippen LogP contribution in [0.2, 0.25) is 0 Å². The van der Waals surface area contributed by atoms with Crippen molar-refractivity contribution in [1.29, 1.82) is 0 Å². The quantitative estimate of drug-likeness (QED) is 0.777. The van der Waals surface area contributed by atoms with Gasteiger partial charge in [0.05, 0.1) is 17.1 Å². The number of nitrogens with zero attached hydrogens (tertiary/aromatic N) is 3. The number of rotatable bonds is 5. The Morgan fingerprint density at radius 2 is 2.00 bits per heavy atom. The van der Waals surface area contributed by atoms with E-state index in [-0.39, 0.29) is 6.04 Å². The van der Waals surface area contributed by atoms with Gasteiger partial charge < -0.3 is 9.73 Å².